The molecular formula is C24H28ClN3O3. The summed E-state index contributed by atoms with van der Waals surface area (Å²) in [6, 6.07) is 14.6. The van der Waals surface area contributed by atoms with Crippen molar-refractivity contribution in [2.75, 3.05) is 42.6 Å². The third-order valence-corrected chi connectivity index (χ3v) is 6.18. The Morgan fingerprint density at radius 1 is 0.935 bits per heavy atom. The Hall–Kier alpha value is -2.57. The summed E-state index contributed by atoms with van der Waals surface area (Å²) >= 11 is 5.98. The van der Waals surface area contributed by atoms with Gasteiger partial charge in [0.15, 0.2) is 0 Å². The van der Waals surface area contributed by atoms with Gasteiger partial charge in [-0.05, 0) is 55.0 Å². The molecule has 2 aliphatic rings. The number of benzene rings is 2. The number of ether oxygens (including phenoxy) is 1. The summed E-state index contributed by atoms with van der Waals surface area (Å²) in [5, 5.41) is 0.720. The van der Waals surface area contributed by atoms with Gasteiger partial charge in [0.05, 0.1) is 24.8 Å². The van der Waals surface area contributed by atoms with Crippen LogP contribution in [0.15, 0.2) is 48.5 Å². The second-order valence-electron chi connectivity index (χ2n) is 7.98. The monoisotopic (exact) mass is 441 g/mol. The van der Waals surface area contributed by atoms with Crippen molar-refractivity contribution in [3.8, 4) is 5.75 Å². The quantitative estimate of drug-likeness (QED) is 0.480. The number of rotatable bonds is 7. The van der Waals surface area contributed by atoms with E-state index >= 15 is 0 Å². The fraction of sp³-hybridized carbons (Fsp3) is 0.417. The average molecular weight is 442 g/mol. The van der Waals surface area contributed by atoms with Crippen LogP contribution in [0.3, 0.4) is 0 Å². The van der Waals surface area contributed by atoms with Gasteiger partial charge in [-0.2, -0.15) is 0 Å². The van der Waals surface area contributed by atoms with Crippen LogP contribution in [0.1, 0.15) is 26.2 Å². The molecule has 0 N–H and O–H groups in total. The minimum Gasteiger partial charge on any atom is -0.494 e. The minimum absolute atomic E-state index is 0.135. The van der Waals surface area contributed by atoms with E-state index in [9.17, 15) is 9.59 Å². The Balaban J connectivity index is 1.37. The summed E-state index contributed by atoms with van der Waals surface area (Å²) in [5.41, 5.74) is 1.74. The molecule has 0 aliphatic carbocycles. The van der Waals surface area contributed by atoms with Crippen molar-refractivity contribution in [2.24, 2.45) is 0 Å². The van der Waals surface area contributed by atoms with E-state index in [4.69, 9.17) is 16.3 Å². The minimum atomic E-state index is -0.389. The molecule has 6 nitrogen and oxygen atoms in total. The van der Waals surface area contributed by atoms with Crippen LogP contribution >= 0.6 is 11.6 Å². The van der Waals surface area contributed by atoms with Crippen molar-refractivity contribution in [1.29, 1.82) is 0 Å². The fourth-order valence-corrected chi connectivity index (χ4v) is 4.27. The molecule has 2 heterocycles. The normalized spacial score (nSPS) is 19.9. The van der Waals surface area contributed by atoms with Gasteiger partial charge in [-0.25, -0.2) is 4.90 Å². The highest BCUT2D eigenvalue weighted by Gasteiger charge is 2.43. The maximum absolute atomic E-state index is 13.1. The number of piperazine rings is 1. The van der Waals surface area contributed by atoms with Crippen LogP contribution in [-0.4, -0.2) is 55.5 Å². The first-order chi connectivity index (χ1) is 15.1. The highest BCUT2D eigenvalue weighted by atomic mass is 35.5. The van der Waals surface area contributed by atoms with Gasteiger partial charge in [-0.15, -0.1) is 0 Å². The van der Waals surface area contributed by atoms with E-state index in [2.05, 4.69) is 16.7 Å². The molecule has 2 aromatic rings. The lowest BCUT2D eigenvalue weighted by molar-refractivity contribution is -0.123. The van der Waals surface area contributed by atoms with E-state index in [1.807, 2.05) is 36.4 Å². The average Bonchev–Trinajstić information content (AvgIpc) is 3.09. The van der Waals surface area contributed by atoms with E-state index in [1.165, 1.54) is 4.90 Å². The van der Waals surface area contributed by atoms with Crippen molar-refractivity contribution in [2.45, 2.75) is 32.2 Å². The topological polar surface area (TPSA) is 53.1 Å². The summed E-state index contributed by atoms with van der Waals surface area (Å²) in [4.78, 5) is 31.5. The molecule has 2 aromatic carbocycles. The standard InChI is InChI=1S/C24H28ClN3O3/c1-2-3-16-31-21-10-8-20(9-11-21)28-23(29)17-22(24(28)30)27-14-12-26(13-15-27)19-6-4-18(25)5-7-19/h4-11,22H,2-3,12-17H2,1H3/t22-/m0/s1. The highest BCUT2D eigenvalue weighted by molar-refractivity contribution is 6.30. The van der Waals surface area contributed by atoms with E-state index < -0.39 is 0 Å². The molecule has 0 saturated carbocycles. The number of amides is 2. The molecule has 2 aliphatic heterocycles. The Morgan fingerprint density at radius 3 is 2.23 bits per heavy atom. The molecule has 0 spiro atoms. The smallest absolute Gasteiger partial charge is 0.251 e. The zero-order valence-corrected chi connectivity index (χ0v) is 18.6. The first-order valence-electron chi connectivity index (χ1n) is 10.9. The van der Waals surface area contributed by atoms with Crippen LogP contribution in [0, 0.1) is 0 Å². The van der Waals surface area contributed by atoms with Crippen molar-refractivity contribution in [3.05, 3.63) is 53.6 Å². The summed E-state index contributed by atoms with van der Waals surface area (Å²) in [6.07, 6.45) is 2.30. The summed E-state index contributed by atoms with van der Waals surface area (Å²) in [5.74, 6) is 0.477. The lowest BCUT2D eigenvalue weighted by Crippen LogP contribution is -2.52. The molecule has 4 rings (SSSR count). The van der Waals surface area contributed by atoms with Crippen LogP contribution in [-0.2, 0) is 9.59 Å². The fourth-order valence-electron chi connectivity index (χ4n) is 4.14. The van der Waals surface area contributed by atoms with Crippen molar-refractivity contribution >= 4 is 34.8 Å². The summed E-state index contributed by atoms with van der Waals surface area (Å²) < 4.78 is 5.68. The number of unbranched alkanes of at least 4 members (excludes halogenated alkanes) is 1. The second kappa shape index (κ2) is 9.71. The Bertz CT molecular complexity index is 909. The molecule has 0 aromatic heterocycles. The second-order valence-corrected chi connectivity index (χ2v) is 8.42. The lowest BCUT2D eigenvalue weighted by Gasteiger charge is -2.38. The molecule has 2 fully saturated rings. The molecule has 0 radical (unpaired) electrons. The first kappa shape index (κ1) is 21.7. The molecule has 31 heavy (non-hydrogen) atoms. The molecular weight excluding hydrogens is 414 g/mol. The highest BCUT2D eigenvalue weighted by Crippen LogP contribution is 2.28. The van der Waals surface area contributed by atoms with Crippen LogP contribution in [0.4, 0.5) is 11.4 Å². The number of hydrogen-bond acceptors (Lipinski definition) is 5. The molecule has 1 atom stereocenters. The summed E-state index contributed by atoms with van der Waals surface area (Å²) in [7, 11) is 0. The van der Waals surface area contributed by atoms with E-state index in [1.54, 1.807) is 12.1 Å². The van der Waals surface area contributed by atoms with Gasteiger partial charge in [0.2, 0.25) is 5.91 Å². The van der Waals surface area contributed by atoms with Gasteiger partial charge in [0, 0.05) is 36.9 Å². The number of halogens is 1. The van der Waals surface area contributed by atoms with Gasteiger partial charge in [-0.1, -0.05) is 24.9 Å². The SMILES string of the molecule is CCCCOc1ccc(N2C(=O)C[C@H](N3CCN(c4ccc(Cl)cc4)CC3)C2=O)cc1. The molecule has 0 bridgehead atoms. The Labute approximate surface area is 188 Å². The Kier molecular flexibility index (Phi) is 6.78. The zero-order chi connectivity index (χ0) is 21.8. The number of carbonyl (C=O) groups excluding carboxylic acids is 2. The first-order valence-corrected chi connectivity index (χ1v) is 11.3. The number of carbonyl (C=O) groups is 2. The molecule has 164 valence electrons. The third kappa shape index (κ3) is 4.86. The molecule has 0 unspecified atom stereocenters. The number of anilines is 2. The molecule has 2 saturated heterocycles. The van der Waals surface area contributed by atoms with Gasteiger partial charge in [0.25, 0.3) is 5.91 Å². The van der Waals surface area contributed by atoms with Crippen LogP contribution in [0.2, 0.25) is 5.02 Å². The van der Waals surface area contributed by atoms with Crippen LogP contribution in [0.25, 0.3) is 0 Å². The Morgan fingerprint density at radius 2 is 1.58 bits per heavy atom. The predicted molar refractivity (Wildman–Crippen MR) is 123 cm³/mol. The van der Waals surface area contributed by atoms with Gasteiger partial charge in [0.1, 0.15) is 5.75 Å². The maximum atomic E-state index is 13.1. The summed E-state index contributed by atoms with van der Waals surface area (Å²) in [6.45, 7) is 5.88. The van der Waals surface area contributed by atoms with E-state index in [0.29, 0.717) is 12.3 Å². The van der Waals surface area contributed by atoms with Crippen molar-refractivity contribution in [1.82, 2.24) is 4.90 Å². The van der Waals surface area contributed by atoms with Gasteiger partial charge in [-0.3, -0.25) is 14.5 Å². The molecule has 7 heteroatoms. The van der Waals surface area contributed by atoms with E-state index in [-0.39, 0.29) is 24.3 Å². The zero-order valence-electron chi connectivity index (χ0n) is 17.8. The van der Waals surface area contributed by atoms with Crippen molar-refractivity contribution < 1.29 is 14.3 Å². The predicted octanol–water partition coefficient (Wildman–Crippen LogP) is 3.97. The third-order valence-electron chi connectivity index (χ3n) is 5.93. The van der Waals surface area contributed by atoms with Gasteiger partial charge >= 0.3 is 0 Å². The van der Waals surface area contributed by atoms with Gasteiger partial charge < -0.3 is 9.64 Å². The lowest BCUT2D eigenvalue weighted by atomic mass is 10.1. The maximum Gasteiger partial charge on any atom is 0.251 e. The largest absolute Gasteiger partial charge is 0.494 e. The van der Waals surface area contributed by atoms with Crippen LogP contribution in [0.5, 0.6) is 5.75 Å². The van der Waals surface area contributed by atoms with E-state index in [0.717, 1.165) is 55.5 Å². The number of imide groups is 1. The number of hydrogen-bond donors (Lipinski definition) is 0. The molecule has 2 amide bonds. The van der Waals surface area contributed by atoms with Crippen molar-refractivity contribution in [3.63, 3.8) is 0 Å². The van der Waals surface area contributed by atoms with Crippen LogP contribution < -0.4 is 14.5 Å². The number of nitrogens with zero attached hydrogens (tertiary/aromatic N) is 3.